The van der Waals surface area contributed by atoms with E-state index in [1.165, 1.54) is 11.6 Å². The highest BCUT2D eigenvalue weighted by Crippen LogP contribution is 2.21. The maximum atomic E-state index is 13.8. The van der Waals surface area contributed by atoms with E-state index in [9.17, 15) is 9.18 Å². The van der Waals surface area contributed by atoms with Crippen molar-refractivity contribution in [2.24, 2.45) is 0 Å². The van der Waals surface area contributed by atoms with E-state index in [1.54, 1.807) is 12.1 Å². The van der Waals surface area contributed by atoms with E-state index < -0.39 is 0 Å². The van der Waals surface area contributed by atoms with Gasteiger partial charge in [0.25, 0.3) is 0 Å². The van der Waals surface area contributed by atoms with Gasteiger partial charge in [-0.3, -0.25) is 9.69 Å². The Morgan fingerprint density at radius 3 is 2.83 bits per heavy atom. The molecule has 1 fully saturated rings. The van der Waals surface area contributed by atoms with Gasteiger partial charge in [0, 0.05) is 23.1 Å². The van der Waals surface area contributed by atoms with Gasteiger partial charge in [-0.2, -0.15) is 0 Å². The molecule has 1 amide bonds. The normalized spacial score (nSPS) is 17.8. The summed E-state index contributed by atoms with van der Waals surface area (Å²) >= 11 is 3.33. The molecule has 2 aromatic carbocycles. The first-order valence-electron chi connectivity index (χ1n) is 8.13. The predicted octanol–water partition coefficient (Wildman–Crippen LogP) is 3.87. The van der Waals surface area contributed by atoms with Gasteiger partial charge in [-0.05, 0) is 43.1 Å². The third-order valence-electron chi connectivity index (χ3n) is 4.36. The standard InChI is InChI=1S/C19H20BrFN2O/c20-16-8-9-17(21)15(11-16)12-22-19(24)18-7-4-10-23(18)13-14-5-2-1-3-6-14/h1-3,5-6,8-9,11,18H,4,7,10,12-13H2,(H,22,24)/t18-/m1/s1. The van der Waals surface area contributed by atoms with Crippen molar-refractivity contribution in [1.29, 1.82) is 0 Å². The van der Waals surface area contributed by atoms with Crippen molar-refractivity contribution >= 4 is 21.8 Å². The van der Waals surface area contributed by atoms with Crippen LogP contribution in [0.25, 0.3) is 0 Å². The molecule has 24 heavy (non-hydrogen) atoms. The zero-order valence-electron chi connectivity index (χ0n) is 13.3. The van der Waals surface area contributed by atoms with E-state index >= 15 is 0 Å². The van der Waals surface area contributed by atoms with Gasteiger partial charge in [0.15, 0.2) is 0 Å². The largest absolute Gasteiger partial charge is 0.351 e. The van der Waals surface area contributed by atoms with Crippen LogP contribution < -0.4 is 5.32 Å². The van der Waals surface area contributed by atoms with Crippen molar-refractivity contribution in [2.45, 2.75) is 32.0 Å². The first-order valence-corrected chi connectivity index (χ1v) is 8.92. The fraction of sp³-hybridized carbons (Fsp3) is 0.316. The molecule has 5 heteroatoms. The molecule has 1 aliphatic rings. The molecule has 0 radical (unpaired) electrons. The van der Waals surface area contributed by atoms with Crippen LogP contribution >= 0.6 is 15.9 Å². The molecule has 0 aromatic heterocycles. The van der Waals surface area contributed by atoms with Crippen LogP contribution in [0.1, 0.15) is 24.0 Å². The Labute approximate surface area is 150 Å². The summed E-state index contributed by atoms with van der Waals surface area (Å²) < 4.78 is 14.6. The van der Waals surface area contributed by atoms with Crippen LogP contribution in [-0.4, -0.2) is 23.4 Å². The third-order valence-corrected chi connectivity index (χ3v) is 4.85. The van der Waals surface area contributed by atoms with E-state index in [2.05, 4.69) is 38.3 Å². The molecule has 1 atom stereocenters. The number of carbonyl (C=O) groups excluding carboxylic acids is 1. The van der Waals surface area contributed by atoms with E-state index in [-0.39, 0.29) is 24.3 Å². The first-order chi connectivity index (χ1) is 11.6. The average molecular weight is 391 g/mol. The Morgan fingerprint density at radius 1 is 1.25 bits per heavy atom. The third kappa shape index (κ3) is 4.22. The van der Waals surface area contributed by atoms with Crippen molar-refractivity contribution in [2.75, 3.05) is 6.54 Å². The van der Waals surface area contributed by atoms with E-state index in [1.807, 2.05) is 18.2 Å². The maximum absolute atomic E-state index is 13.8. The first kappa shape index (κ1) is 17.1. The quantitative estimate of drug-likeness (QED) is 0.840. The molecule has 1 heterocycles. The topological polar surface area (TPSA) is 32.3 Å². The minimum Gasteiger partial charge on any atom is -0.351 e. The summed E-state index contributed by atoms with van der Waals surface area (Å²) in [5.74, 6) is -0.325. The highest BCUT2D eigenvalue weighted by molar-refractivity contribution is 9.10. The lowest BCUT2D eigenvalue weighted by molar-refractivity contribution is -0.125. The molecule has 126 valence electrons. The Morgan fingerprint density at radius 2 is 2.04 bits per heavy atom. The highest BCUT2D eigenvalue weighted by atomic mass is 79.9. The maximum Gasteiger partial charge on any atom is 0.237 e. The molecule has 0 bridgehead atoms. The lowest BCUT2D eigenvalue weighted by atomic mass is 10.1. The van der Waals surface area contributed by atoms with Crippen LogP contribution in [0.3, 0.4) is 0 Å². The zero-order valence-corrected chi connectivity index (χ0v) is 14.9. The number of hydrogen-bond donors (Lipinski definition) is 1. The second-order valence-corrected chi connectivity index (χ2v) is 6.98. The van der Waals surface area contributed by atoms with Gasteiger partial charge in [-0.1, -0.05) is 46.3 Å². The van der Waals surface area contributed by atoms with Crippen molar-refractivity contribution in [3.63, 3.8) is 0 Å². The van der Waals surface area contributed by atoms with Crippen LogP contribution in [0.15, 0.2) is 53.0 Å². The minimum atomic E-state index is -0.300. The summed E-state index contributed by atoms with van der Waals surface area (Å²) in [5.41, 5.74) is 1.69. The molecule has 1 saturated heterocycles. The monoisotopic (exact) mass is 390 g/mol. The predicted molar refractivity (Wildman–Crippen MR) is 95.8 cm³/mol. The van der Waals surface area contributed by atoms with E-state index in [0.29, 0.717) is 5.56 Å². The minimum absolute atomic E-state index is 0.0252. The molecule has 0 unspecified atom stereocenters. The highest BCUT2D eigenvalue weighted by Gasteiger charge is 2.30. The number of rotatable bonds is 5. The summed E-state index contributed by atoms with van der Waals surface area (Å²) in [6.07, 6.45) is 1.86. The molecular weight excluding hydrogens is 371 g/mol. The summed E-state index contributed by atoms with van der Waals surface area (Å²) in [7, 11) is 0. The molecule has 2 aromatic rings. The summed E-state index contributed by atoms with van der Waals surface area (Å²) in [6.45, 7) is 1.89. The Balaban J connectivity index is 1.60. The second kappa shape index (κ2) is 7.90. The number of halogens is 2. The SMILES string of the molecule is O=C(NCc1cc(Br)ccc1F)[C@H]1CCCN1Cc1ccccc1. The second-order valence-electron chi connectivity index (χ2n) is 6.07. The molecule has 1 N–H and O–H groups in total. The lowest BCUT2D eigenvalue weighted by Crippen LogP contribution is -2.42. The van der Waals surface area contributed by atoms with Gasteiger partial charge >= 0.3 is 0 Å². The number of hydrogen-bond acceptors (Lipinski definition) is 2. The molecule has 0 spiro atoms. The molecule has 0 saturated carbocycles. The van der Waals surface area contributed by atoms with Gasteiger partial charge in [0.2, 0.25) is 5.91 Å². The number of carbonyl (C=O) groups is 1. The van der Waals surface area contributed by atoms with Crippen LogP contribution in [0.4, 0.5) is 4.39 Å². The number of nitrogens with zero attached hydrogens (tertiary/aromatic N) is 1. The number of benzene rings is 2. The molecular formula is C19H20BrFN2O. The number of amides is 1. The Hall–Kier alpha value is -1.72. The fourth-order valence-electron chi connectivity index (χ4n) is 3.11. The molecule has 0 aliphatic carbocycles. The van der Waals surface area contributed by atoms with E-state index in [4.69, 9.17) is 0 Å². The van der Waals surface area contributed by atoms with Gasteiger partial charge in [-0.15, -0.1) is 0 Å². The molecule has 3 rings (SSSR count). The summed E-state index contributed by atoms with van der Waals surface area (Å²) in [6, 6.07) is 14.8. The van der Waals surface area contributed by atoms with Gasteiger partial charge in [0.1, 0.15) is 5.82 Å². The Kier molecular flexibility index (Phi) is 5.63. The van der Waals surface area contributed by atoms with Gasteiger partial charge < -0.3 is 5.32 Å². The van der Waals surface area contributed by atoms with Crippen LogP contribution in [0, 0.1) is 5.82 Å². The lowest BCUT2D eigenvalue weighted by Gasteiger charge is -2.23. The molecule has 3 nitrogen and oxygen atoms in total. The van der Waals surface area contributed by atoms with Gasteiger partial charge in [-0.25, -0.2) is 4.39 Å². The van der Waals surface area contributed by atoms with Crippen molar-refractivity contribution in [1.82, 2.24) is 10.2 Å². The van der Waals surface area contributed by atoms with Crippen molar-refractivity contribution in [3.8, 4) is 0 Å². The zero-order chi connectivity index (χ0) is 16.9. The Bertz CT molecular complexity index is 708. The summed E-state index contributed by atoms with van der Waals surface area (Å²) in [5, 5.41) is 2.88. The van der Waals surface area contributed by atoms with Crippen molar-refractivity contribution in [3.05, 3.63) is 69.9 Å². The van der Waals surface area contributed by atoms with Crippen molar-refractivity contribution < 1.29 is 9.18 Å². The number of nitrogens with one attached hydrogen (secondary N) is 1. The van der Waals surface area contributed by atoms with E-state index in [0.717, 1.165) is 30.4 Å². The molecule has 1 aliphatic heterocycles. The smallest absolute Gasteiger partial charge is 0.237 e. The average Bonchev–Trinajstić information content (AvgIpc) is 3.04. The van der Waals surface area contributed by atoms with Gasteiger partial charge in [0.05, 0.1) is 6.04 Å². The summed E-state index contributed by atoms with van der Waals surface area (Å²) in [4.78, 5) is 14.7. The number of likely N-dealkylation sites (tertiary alicyclic amines) is 1. The fourth-order valence-corrected chi connectivity index (χ4v) is 3.52. The van der Waals surface area contributed by atoms with Crippen LogP contribution in [0.5, 0.6) is 0 Å². The van der Waals surface area contributed by atoms with Crippen LogP contribution in [0.2, 0.25) is 0 Å². The van der Waals surface area contributed by atoms with Crippen LogP contribution in [-0.2, 0) is 17.9 Å².